The molecule has 466 valence electrons. The molecule has 0 aliphatic carbocycles. The van der Waals surface area contributed by atoms with Crippen molar-refractivity contribution < 1.29 is 28.6 Å². The Morgan fingerprint density at radius 3 is 0.795 bits per heavy atom. The molecule has 0 N–H and O–H groups in total. The number of allylic oxidation sites excluding steroid dienone is 28. The summed E-state index contributed by atoms with van der Waals surface area (Å²) in [4.78, 5) is 38.4. The second-order valence-electron chi connectivity index (χ2n) is 21.6. The monoisotopic (exact) mass is 1140 g/mol. The third-order valence-electron chi connectivity index (χ3n) is 13.7. The standard InChI is InChI=1S/C77H122O6/c1-4-7-10-13-16-19-22-25-28-31-33-34-35-36-37-38-39-40-41-42-44-46-49-52-55-58-61-64-67-70-76(79)82-73-74(72-81-75(78)69-66-63-60-57-54-51-48-45-30-27-24-21-18-15-12-9-6-3)83-77(80)71-68-65-62-59-56-53-50-47-43-32-29-26-23-20-17-14-11-8-5-2/h7,9-10,12,16,18-19,21,25-30,33-34,36-37,39-40,42,44,48-49,51-52,57,60,74H,4-6,8,11,13-15,17,20,22-24,31-32,35,38,41,43,45-47,50,53-56,58-59,61-73H2,1-3H3/b10-7-,12-9-,19-16-,21-18-,28-25-,29-26-,30-27-,34-33-,37-36-,40-39-,44-42-,51-48-,52-49-,60-57-. The lowest BCUT2D eigenvalue weighted by Crippen LogP contribution is -2.30. The van der Waals surface area contributed by atoms with Gasteiger partial charge in [-0.1, -0.05) is 281 Å². The molecule has 0 aliphatic heterocycles. The van der Waals surface area contributed by atoms with Crippen molar-refractivity contribution in [3.05, 3.63) is 170 Å². The fraction of sp³-hybridized carbons (Fsp3) is 0.597. The zero-order valence-corrected chi connectivity index (χ0v) is 53.4. The van der Waals surface area contributed by atoms with Crippen molar-refractivity contribution in [3.63, 3.8) is 0 Å². The second-order valence-corrected chi connectivity index (χ2v) is 21.6. The molecule has 0 spiro atoms. The van der Waals surface area contributed by atoms with E-state index in [1.807, 2.05) is 0 Å². The normalized spacial score (nSPS) is 13.2. The maximum atomic E-state index is 12.9. The summed E-state index contributed by atoms with van der Waals surface area (Å²) in [6.07, 6.45) is 102. The highest BCUT2D eigenvalue weighted by atomic mass is 16.6. The highest BCUT2D eigenvalue weighted by Crippen LogP contribution is 2.15. The van der Waals surface area contributed by atoms with Crippen LogP contribution in [0.4, 0.5) is 0 Å². The van der Waals surface area contributed by atoms with E-state index in [1.54, 1.807) is 0 Å². The van der Waals surface area contributed by atoms with E-state index >= 15 is 0 Å². The predicted octanol–water partition coefficient (Wildman–Crippen LogP) is 23.4. The number of hydrogen-bond donors (Lipinski definition) is 0. The Kier molecular flexibility index (Phi) is 64.9. The molecule has 0 fully saturated rings. The summed E-state index contributed by atoms with van der Waals surface area (Å²) >= 11 is 0. The number of rotatable bonds is 59. The minimum Gasteiger partial charge on any atom is -0.462 e. The lowest BCUT2D eigenvalue weighted by molar-refractivity contribution is -0.167. The molecule has 0 aromatic heterocycles. The summed E-state index contributed by atoms with van der Waals surface area (Å²) in [5.74, 6) is -1.00. The molecule has 6 heteroatoms. The highest BCUT2D eigenvalue weighted by molar-refractivity contribution is 5.71. The molecule has 0 saturated heterocycles. The van der Waals surface area contributed by atoms with Gasteiger partial charge in [-0.25, -0.2) is 0 Å². The van der Waals surface area contributed by atoms with Crippen LogP contribution < -0.4 is 0 Å². The van der Waals surface area contributed by atoms with Crippen molar-refractivity contribution in [2.75, 3.05) is 13.2 Å². The summed E-state index contributed by atoms with van der Waals surface area (Å²) < 4.78 is 16.9. The second kappa shape index (κ2) is 69.3. The molecule has 0 bridgehead atoms. The Morgan fingerprint density at radius 2 is 0.482 bits per heavy atom. The zero-order chi connectivity index (χ0) is 59.9. The van der Waals surface area contributed by atoms with Crippen LogP contribution in [0.15, 0.2) is 170 Å². The van der Waals surface area contributed by atoms with Crippen LogP contribution in [0.1, 0.15) is 278 Å². The van der Waals surface area contributed by atoms with Gasteiger partial charge in [0, 0.05) is 19.3 Å². The van der Waals surface area contributed by atoms with Crippen LogP contribution in [0.2, 0.25) is 0 Å². The number of esters is 3. The van der Waals surface area contributed by atoms with Gasteiger partial charge in [0.1, 0.15) is 13.2 Å². The van der Waals surface area contributed by atoms with Crippen LogP contribution in [-0.2, 0) is 28.6 Å². The van der Waals surface area contributed by atoms with Crippen LogP contribution in [0.5, 0.6) is 0 Å². The van der Waals surface area contributed by atoms with E-state index in [2.05, 4.69) is 191 Å². The van der Waals surface area contributed by atoms with Gasteiger partial charge in [0.15, 0.2) is 6.10 Å². The first-order chi connectivity index (χ1) is 41.0. The number of ether oxygens (including phenoxy) is 3. The van der Waals surface area contributed by atoms with Gasteiger partial charge in [-0.05, 0) is 148 Å². The van der Waals surface area contributed by atoms with Gasteiger partial charge in [-0.15, -0.1) is 0 Å². The van der Waals surface area contributed by atoms with Gasteiger partial charge >= 0.3 is 17.9 Å². The third kappa shape index (κ3) is 67.4. The predicted molar refractivity (Wildman–Crippen MR) is 361 cm³/mol. The molecule has 0 radical (unpaired) electrons. The van der Waals surface area contributed by atoms with Crippen LogP contribution >= 0.6 is 0 Å². The first kappa shape index (κ1) is 77.8. The highest BCUT2D eigenvalue weighted by Gasteiger charge is 2.19. The minimum atomic E-state index is -0.824. The van der Waals surface area contributed by atoms with Gasteiger partial charge in [0.25, 0.3) is 0 Å². The molecule has 6 nitrogen and oxygen atoms in total. The molecule has 0 amide bonds. The van der Waals surface area contributed by atoms with Gasteiger partial charge in [0.05, 0.1) is 0 Å². The SMILES string of the molecule is CC/C=C\C/C=C\C/C=C\C/C=C\C/C=C\C/C=C\C/C=C\C/C=C\CCCCCCC(=O)OCC(COC(=O)CCC/C=C\C/C=C\C/C=C\C/C=C\C/C=C\CC)OC(=O)CCCCCCCCCCC/C=C\CCCCCCCC. The summed E-state index contributed by atoms with van der Waals surface area (Å²) in [6.45, 7) is 6.34. The maximum absolute atomic E-state index is 12.9. The molecule has 0 heterocycles. The van der Waals surface area contributed by atoms with Crippen LogP contribution in [-0.4, -0.2) is 37.2 Å². The molecule has 0 aromatic rings. The van der Waals surface area contributed by atoms with Crippen molar-refractivity contribution in [1.82, 2.24) is 0 Å². The van der Waals surface area contributed by atoms with Crippen LogP contribution in [0, 0.1) is 0 Å². The molecular formula is C77H122O6. The van der Waals surface area contributed by atoms with Crippen molar-refractivity contribution in [2.45, 2.75) is 284 Å². The first-order valence-corrected chi connectivity index (χ1v) is 33.6. The number of hydrogen-bond acceptors (Lipinski definition) is 6. The van der Waals surface area contributed by atoms with E-state index < -0.39 is 6.10 Å². The van der Waals surface area contributed by atoms with Gasteiger partial charge in [-0.2, -0.15) is 0 Å². The molecule has 1 unspecified atom stereocenters. The first-order valence-electron chi connectivity index (χ1n) is 33.6. The van der Waals surface area contributed by atoms with Crippen LogP contribution in [0.25, 0.3) is 0 Å². The Balaban J connectivity index is 4.50. The van der Waals surface area contributed by atoms with Crippen molar-refractivity contribution in [1.29, 1.82) is 0 Å². The molecule has 0 aliphatic rings. The van der Waals surface area contributed by atoms with E-state index in [0.717, 1.165) is 141 Å². The van der Waals surface area contributed by atoms with Gasteiger partial charge in [0.2, 0.25) is 0 Å². The maximum Gasteiger partial charge on any atom is 0.306 e. The zero-order valence-electron chi connectivity index (χ0n) is 53.4. The molecule has 83 heavy (non-hydrogen) atoms. The largest absolute Gasteiger partial charge is 0.462 e. The fourth-order valence-corrected chi connectivity index (χ4v) is 8.72. The summed E-state index contributed by atoms with van der Waals surface area (Å²) in [5, 5.41) is 0. The molecule has 0 aromatic carbocycles. The quantitative estimate of drug-likeness (QED) is 0.0261. The van der Waals surface area contributed by atoms with Gasteiger partial charge in [-0.3, -0.25) is 14.4 Å². The molecule has 1 atom stereocenters. The number of unbranched alkanes of at least 4 members (excludes halogenated alkanes) is 20. The topological polar surface area (TPSA) is 78.9 Å². The van der Waals surface area contributed by atoms with Crippen LogP contribution in [0.3, 0.4) is 0 Å². The fourth-order valence-electron chi connectivity index (χ4n) is 8.72. The van der Waals surface area contributed by atoms with E-state index in [0.29, 0.717) is 19.3 Å². The van der Waals surface area contributed by atoms with Gasteiger partial charge < -0.3 is 14.2 Å². The molecule has 0 saturated carbocycles. The smallest absolute Gasteiger partial charge is 0.306 e. The Bertz CT molecular complexity index is 1890. The Morgan fingerprint density at radius 1 is 0.253 bits per heavy atom. The lowest BCUT2D eigenvalue weighted by Gasteiger charge is -2.18. The van der Waals surface area contributed by atoms with Crippen molar-refractivity contribution in [3.8, 4) is 0 Å². The Hall–Kier alpha value is -5.23. The Labute approximate surface area is 511 Å². The number of carbonyl (C=O) groups is 3. The molecule has 0 rings (SSSR count). The minimum absolute atomic E-state index is 0.117. The van der Waals surface area contributed by atoms with Crippen molar-refractivity contribution in [2.24, 2.45) is 0 Å². The van der Waals surface area contributed by atoms with E-state index in [9.17, 15) is 14.4 Å². The summed E-state index contributed by atoms with van der Waals surface area (Å²) in [7, 11) is 0. The lowest BCUT2D eigenvalue weighted by atomic mass is 10.1. The number of carbonyl (C=O) groups excluding carboxylic acids is 3. The molecular weight excluding hydrogens is 1020 g/mol. The third-order valence-corrected chi connectivity index (χ3v) is 13.7. The summed E-state index contributed by atoms with van der Waals surface area (Å²) in [6, 6.07) is 0. The van der Waals surface area contributed by atoms with E-state index in [4.69, 9.17) is 14.2 Å². The van der Waals surface area contributed by atoms with E-state index in [-0.39, 0.29) is 37.5 Å². The van der Waals surface area contributed by atoms with Crippen molar-refractivity contribution >= 4 is 17.9 Å². The average Bonchev–Trinajstić information content (AvgIpc) is 3.49. The van der Waals surface area contributed by atoms with E-state index in [1.165, 1.54) is 89.9 Å². The average molecular weight is 1140 g/mol. The summed E-state index contributed by atoms with van der Waals surface area (Å²) in [5.41, 5.74) is 0.